The lowest BCUT2D eigenvalue weighted by Crippen LogP contribution is -2.46. The normalized spacial score (nSPS) is 11.7. The van der Waals surface area contributed by atoms with E-state index in [2.05, 4.69) is 38.2 Å². The van der Waals surface area contributed by atoms with E-state index in [1.165, 1.54) is 5.56 Å². The van der Waals surface area contributed by atoms with E-state index in [0.717, 1.165) is 13.1 Å². The fourth-order valence-electron chi connectivity index (χ4n) is 1.53. The number of hydrogen-bond donors (Lipinski definition) is 2. The molecule has 0 saturated heterocycles. The van der Waals surface area contributed by atoms with Crippen LogP contribution in [0.1, 0.15) is 19.4 Å². The molecule has 1 rings (SSSR count). The summed E-state index contributed by atoms with van der Waals surface area (Å²) in [7, 11) is 4.15. The van der Waals surface area contributed by atoms with Crippen LogP contribution in [0.4, 0.5) is 0 Å². The molecule has 0 atom stereocenters. The Labute approximate surface area is 121 Å². The standard InChI is InChI=1S/C15H25N3O2/c1-15(2,18(3)4)11-17-9-12-5-7-13(8-6-12)20-10-14(16)19/h5-8,17H,9-11H2,1-4H3,(H2,16,19). The van der Waals surface area contributed by atoms with Gasteiger partial charge in [-0.2, -0.15) is 0 Å². The Hall–Kier alpha value is -1.59. The Morgan fingerprint density at radius 1 is 1.30 bits per heavy atom. The van der Waals surface area contributed by atoms with Crippen molar-refractivity contribution in [3.05, 3.63) is 29.8 Å². The van der Waals surface area contributed by atoms with E-state index in [9.17, 15) is 4.79 Å². The number of nitrogens with two attached hydrogens (primary N) is 1. The predicted octanol–water partition coefficient (Wildman–Crippen LogP) is 0.981. The largest absolute Gasteiger partial charge is 0.484 e. The number of rotatable bonds is 8. The van der Waals surface area contributed by atoms with Gasteiger partial charge in [0.1, 0.15) is 5.75 Å². The first kappa shape index (κ1) is 16.5. The molecule has 0 unspecified atom stereocenters. The minimum atomic E-state index is -0.471. The maximum absolute atomic E-state index is 10.6. The van der Waals surface area contributed by atoms with Crippen LogP contribution in [0.25, 0.3) is 0 Å². The summed E-state index contributed by atoms with van der Waals surface area (Å²) in [6, 6.07) is 7.64. The number of carbonyl (C=O) groups excluding carboxylic acids is 1. The zero-order chi connectivity index (χ0) is 15.2. The topological polar surface area (TPSA) is 67.6 Å². The number of likely N-dealkylation sites (N-methyl/N-ethyl adjacent to an activating group) is 1. The van der Waals surface area contributed by atoms with Gasteiger partial charge >= 0.3 is 0 Å². The van der Waals surface area contributed by atoms with Gasteiger partial charge in [-0.25, -0.2) is 0 Å². The maximum atomic E-state index is 10.6. The van der Waals surface area contributed by atoms with Crippen LogP contribution >= 0.6 is 0 Å². The molecule has 0 heterocycles. The lowest BCUT2D eigenvalue weighted by Gasteiger charge is -2.32. The Balaban J connectivity index is 2.40. The Morgan fingerprint density at radius 3 is 2.40 bits per heavy atom. The van der Waals surface area contributed by atoms with Gasteiger partial charge in [-0.3, -0.25) is 4.79 Å². The molecule has 0 aliphatic rings. The summed E-state index contributed by atoms with van der Waals surface area (Å²) in [5, 5.41) is 3.44. The van der Waals surface area contributed by atoms with Crippen LogP contribution in [0, 0.1) is 0 Å². The van der Waals surface area contributed by atoms with Crippen LogP contribution < -0.4 is 15.8 Å². The van der Waals surface area contributed by atoms with Crippen LogP contribution in [0.15, 0.2) is 24.3 Å². The zero-order valence-electron chi connectivity index (χ0n) is 12.8. The highest BCUT2D eigenvalue weighted by Crippen LogP contribution is 2.13. The van der Waals surface area contributed by atoms with Gasteiger partial charge in [-0.15, -0.1) is 0 Å². The van der Waals surface area contributed by atoms with Gasteiger partial charge in [-0.05, 0) is 45.6 Å². The van der Waals surface area contributed by atoms with Gasteiger partial charge in [0, 0.05) is 18.6 Å². The van der Waals surface area contributed by atoms with E-state index >= 15 is 0 Å². The molecule has 0 aromatic heterocycles. The summed E-state index contributed by atoms with van der Waals surface area (Å²) in [6.45, 7) is 6.00. The van der Waals surface area contributed by atoms with Crippen LogP contribution in [0.2, 0.25) is 0 Å². The number of benzene rings is 1. The molecule has 0 bridgehead atoms. The molecule has 5 nitrogen and oxygen atoms in total. The van der Waals surface area contributed by atoms with Crippen molar-refractivity contribution in [1.82, 2.24) is 10.2 Å². The molecule has 0 spiro atoms. The van der Waals surface area contributed by atoms with Crippen molar-refractivity contribution in [3.63, 3.8) is 0 Å². The van der Waals surface area contributed by atoms with Crippen molar-refractivity contribution < 1.29 is 9.53 Å². The molecule has 3 N–H and O–H groups in total. The third kappa shape index (κ3) is 5.59. The first-order chi connectivity index (χ1) is 9.31. The molecule has 1 amide bonds. The van der Waals surface area contributed by atoms with E-state index in [0.29, 0.717) is 5.75 Å². The minimum Gasteiger partial charge on any atom is -0.484 e. The van der Waals surface area contributed by atoms with E-state index in [4.69, 9.17) is 10.5 Å². The predicted molar refractivity (Wildman–Crippen MR) is 80.6 cm³/mol. The quantitative estimate of drug-likeness (QED) is 0.744. The monoisotopic (exact) mass is 279 g/mol. The highest BCUT2D eigenvalue weighted by atomic mass is 16.5. The number of nitrogens with zero attached hydrogens (tertiary/aromatic N) is 1. The minimum absolute atomic E-state index is 0.0887. The number of amides is 1. The highest BCUT2D eigenvalue weighted by Gasteiger charge is 2.19. The molecule has 0 fully saturated rings. The second kappa shape index (κ2) is 7.26. The molecule has 5 heteroatoms. The number of nitrogens with one attached hydrogen (secondary N) is 1. The van der Waals surface area contributed by atoms with E-state index < -0.39 is 5.91 Å². The fraction of sp³-hybridized carbons (Fsp3) is 0.533. The lowest BCUT2D eigenvalue weighted by molar-refractivity contribution is -0.119. The molecule has 1 aromatic carbocycles. The zero-order valence-corrected chi connectivity index (χ0v) is 12.8. The van der Waals surface area contributed by atoms with E-state index in [1.807, 2.05) is 24.3 Å². The molecular formula is C15H25N3O2. The van der Waals surface area contributed by atoms with Gasteiger partial charge in [0.25, 0.3) is 5.91 Å². The number of ether oxygens (including phenoxy) is 1. The second-order valence-corrected chi connectivity index (χ2v) is 5.71. The average Bonchev–Trinajstić information content (AvgIpc) is 2.37. The molecule has 0 saturated carbocycles. The molecule has 0 radical (unpaired) electrons. The van der Waals surface area contributed by atoms with Crippen molar-refractivity contribution in [3.8, 4) is 5.75 Å². The summed E-state index contributed by atoms with van der Waals surface area (Å²) in [5.41, 5.74) is 6.31. The summed E-state index contributed by atoms with van der Waals surface area (Å²) in [5.74, 6) is 0.183. The number of hydrogen-bond acceptors (Lipinski definition) is 4. The Kier molecular flexibility index (Phi) is 5.98. The van der Waals surface area contributed by atoms with Gasteiger partial charge in [0.15, 0.2) is 6.61 Å². The van der Waals surface area contributed by atoms with Crippen LogP contribution in [0.3, 0.4) is 0 Å². The first-order valence-electron chi connectivity index (χ1n) is 6.69. The third-order valence-electron chi connectivity index (χ3n) is 3.40. The molecule has 112 valence electrons. The van der Waals surface area contributed by atoms with E-state index in [1.54, 1.807) is 0 Å². The SMILES string of the molecule is CN(C)C(C)(C)CNCc1ccc(OCC(N)=O)cc1. The Morgan fingerprint density at radius 2 is 1.90 bits per heavy atom. The molecular weight excluding hydrogens is 254 g/mol. The van der Waals surface area contributed by atoms with Crippen molar-refractivity contribution >= 4 is 5.91 Å². The number of carbonyl (C=O) groups is 1. The summed E-state index contributed by atoms with van der Waals surface area (Å²) >= 11 is 0. The van der Waals surface area contributed by atoms with Crippen LogP contribution in [-0.4, -0.2) is 43.6 Å². The average molecular weight is 279 g/mol. The summed E-state index contributed by atoms with van der Waals surface area (Å²) in [4.78, 5) is 12.8. The summed E-state index contributed by atoms with van der Waals surface area (Å²) in [6.07, 6.45) is 0. The van der Waals surface area contributed by atoms with Crippen LogP contribution in [-0.2, 0) is 11.3 Å². The van der Waals surface area contributed by atoms with Crippen molar-refractivity contribution in [2.24, 2.45) is 5.73 Å². The van der Waals surface area contributed by atoms with Gasteiger partial charge in [0.05, 0.1) is 0 Å². The maximum Gasteiger partial charge on any atom is 0.255 e. The van der Waals surface area contributed by atoms with Crippen LogP contribution in [0.5, 0.6) is 5.75 Å². The van der Waals surface area contributed by atoms with E-state index in [-0.39, 0.29) is 12.1 Å². The number of primary amides is 1. The van der Waals surface area contributed by atoms with Crippen molar-refractivity contribution in [1.29, 1.82) is 0 Å². The van der Waals surface area contributed by atoms with Gasteiger partial charge < -0.3 is 20.7 Å². The molecule has 0 aliphatic carbocycles. The van der Waals surface area contributed by atoms with Crippen molar-refractivity contribution in [2.75, 3.05) is 27.2 Å². The fourth-order valence-corrected chi connectivity index (χ4v) is 1.53. The smallest absolute Gasteiger partial charge is 0.255 e. The van der Waals surface area contributed by atoms with Gasteiger partial charge in [-0.1, -0.05) is 12.1 Å². The molecule has 0 aliphatic heterocycles. The second-order valence-electron chi connectivity index (χ2n) is 5.71. The van der Waals surface area contributed by atoms with Crippen molar-refractivity contribution in [2.45, 2.75) is 25.9 Å². The molecule has 1 aromatic rings. The van der Waals surface area contributed by atoms with Gasteiger partial charge in [0.2, 0.25) is 0 Å². The Bertz CT molecular complexity index is 427. The first-order valence-corrected chi connectivity index (χ1v) is 6.69. The highest BCUT2D eigenvalue weighted by molar-refractivity contribution is 5.75. The third-order valence-corrected chi connectivity index (χ3v) is 3.40. The molecule has 20 heavy (non-hydrogen) atoms. The lowest BCUT2D eigenvalue weighted by atomic mass is 10.0. The summed E-state index contributed by atoms with van der Waals surface area (Å²) < 4.78 is 5.21.